The van der Waals surface area contributed by atoms with Crippen LogP contribution in [-0.2, 0) is 12.8 Å². The summed E-state index contributed by atoms with van der Waals surface area (Å²) in [6.45, 7) is 22.5. The average molecular weight is 526 g/mol. The van der Waals surface area contributed by atoms with Gasteiger partial charge in [-0.3, -0.25) is 0 Å². The molecule has 0 amide bonds. The maximum atomic E-state index is 4.82. The summed E-state index contributed by atoms with van der Waals surface area (Å²) in [5.41, 5.74) is 10.7. The normalized spacial score (nSPS) is 14.3. The van der Waals surface area contributed by atoms with Gasteiger partial charge in [0.15, 0.2) is 5.82 Å². The number of rotatable bonds is 9. The van der Waals surface area contributed by atoms with Crippen LogP contribution in [0.1, 0.15) is 94.0 Å². The zero-order chi connectivity index (χ0) is 28.4. The van der Waals surface area contributed by atoms with Crippen LogP contribution in [-0.4, -0.2) is 34.5 Å². The Morgan fingerprint density at radius 1 is 1.00 bits per heavy atom. The quantitative estimate of drug-likeness (QED) is 0.261. The number of unbranched alkanes of at least 4 members (excludes halogenated alkanes) is 1. The van der Waals surface area contributed by atoms with Crippen LogP contribution < -0.4 is 0 Å². The lowest BCUT2D eigenvalue weighted by molar-refractivity contribution is 0.209. The minimum Gasteiger partial charge on any atom is -0.303 e. The lowest BCUT2D eigenvalue weighted by Crippen LogP contribution is -2.33. The summed E-state index contributed by atoms with van der Waals surface area (Å²) in [4.78, 5) is 12.3. The van der Waals surface area contributed by atoms with E-state index in [1.54, 1.807) is 11.6 Å². The molecular formula is C36H51N3. The topological polar surface area (TPSA) is 29.0 Å². The van der Waals surface area contributed by atoms with Crippen LogP contribution in [0.4, 0.5) is 0 Å². The zero-order valence-corrected chi connectivity index (χ0v) is 25.7. The SMILES string of the molecule is C=CC.CCCCN1CCC(c2cc(C)cc(-c3cnc(-c4ccc(CC(C)C)c(C)c4)nc3)c2CC)CC1. The van der Waals surface area contributed by atoms with Gasteiger partial charge < -0.3 is 4.90 Å². The lowest BCUT2D eigenvalue weighted by atomic mass is 9.82. The van der Waals surface area contributed by atoms with Gasteiger partial charge in [0, 0.05) is 23.5 Å². The third-order valence-corrected chi connectivity index (χ3v) is 7.83. The molecule has 0 radical (unpaired) electrons. The number of nitrogens with zero attached hydrogens (tertiary/aromatic N) is 3. The van der Waals surface area contributed by atoms with Gasteiger partial charge in [0.1, 0.15) is 0 Å². The molecule has 1 aliphatic heterocycles. The molecule has 0 N–H and O–H groups in total. The van der Waals surface area contributed by atoms with E-state index in [2.05, 4.69) is 83.4 Å². The van der Waals surface area contributed by atoms with E-state index in [4.69, 9.17) is 9.97 Å². The molecule has 1 aromatic heterocycles. The van der Waals surface area contributed by atoms with Gasteiger partial charge in [-0.15, -0.1) is 6.58 Å². The number of hydrogen-bond donors (Lipinski definition) is 0. The standard InChI is InChI=1S/C33H45N3.C3H6/c1-7-9-14-36-15-12-26(13-16-36)31-18-24(5)19-32(30(31)8-2)29-21-34-33(35-22-29)28-11-10-27(17-23(3)4)25(6)20-28;1-3-2/h10-11,18-23,26H,7-9,12-17H2,1-6H3;3H,1H2,2H3. The third-order valence-electron chi connectivity index (χ3n) is 7.83. The first-order chi connectivity index (χ1) is 18.8. The highest BCUT2D eigenvalue weighted by molar-refractivity contribution is 5.70. The second-order valence-electron chi connectivity index (χ2n) is 11.6. The summed E-state index contributed by atoms with van der Waals surface area (Å²) in [5, 5.41) is 0. The predicted octanol–water partition coefficient (Wildman–Crippen LogP) is 9.36. The minimum absolute atomic E-state index is 0.656. The number of likely N-dealkylation sites (tertiary alicyclic amines) is 1. The minimum atomic E-state index is 0.656. The molecule has 2 aromatic carbocycles. The molecule has 4 rings (SSSR count). The Morgan fingerprint density at radius 3 is 2.23 bits per heavy atom. The van der Waals surface area contributed by atoms with Crippen molar-refractivity contribution in [3.63, 3.8) is 0 Å². The summed E-state index contributed by atoms with van der Waals surface area (Å²) in [6.07, 6.45) is 13.1. The number of hydrogen-bond acceptors (Lipinski definition) is 3. The Labute approximate surface area is 238 Å². The zero-order valence-electron chi connectivity index (χ0n) is 25.7. The van der Waals surface area contributed by atoms with Crippen molar-refractivity contribution in [3.05, 3.63) is 83.2 Å². The van der Waals surface area contributed by atoms with Crippen LogP contribution in [0.15, 0.2) is 55.4 Å². The van der Waals surface area contributed by atoms with E-state index >= 15 is 0 Å². The van der Waals surface area contributed by atoms with Crippen LogP contribution in [0.25, 0.3) is 22.5 Å². The number of piperidine rings is 1. The van der Waals surface area contributed by atoms with Crippen molar-refractivity contribution in [1.29, 1.82) is 0 Å². The van der Waals surface area contributed by atoms with Gasteiger partial charge in [-0.25, -0.2) is 9.97 Å². The van der Waals surface area contributed by atoms with Crippen molar-refractivity contribution in [3.8, 4) is 22.5 Å². The molecule has 0 atom stereocenters. The van der Waals surface area contributed by atoms with Crippen molar-refractivity contribution in [2.24, 2.45) is 5.92 Å². The molecule has 210 valence electrons. The third kappa shape index (κ3) is 8.35. The summed E-state index contributed by atoms with van der Waals surface area (Å²) < 4.78 is 0. The molecule has 0 aliphatic carbocycles. The molecule has 3 nitrogen and oxygen atoms in total. The number of benzene rings is 2. The van der Waals surface area contributed by atoms with E-state index in [0.717, 1.165) is 29.8 Å². The Bertz CT molecular complexity index is 1180. The van der Waals surface area contributed by atoms with Gasteiger partial charge in [-0.05, 0) is 118 Å². The molecule has 0 saturated carbocycles. The molecule has 0 unspecified atom stereocenters. The molecule has 0 spiro atoms. The smallest absolute Gasteiger partial charge is 0.159 e. The van der Waals surface area contributed by atoms with Crippen molar-refractivity contribution in [2.45, 2.75) is 92.9 Å². The maximum Gasteiger partial charge on any atom is 0.159 e. The summed E-state index contributed by atoms with van der Waals surface area (Å²) in [5.74, 6) is 2.12. The molecule has 1 fully saturated rings. The number of allylic oxidation sites excluding steroid dienone is 1. The fourth-order valence-corrected chi connectivity index (χ4v) is 5.83. The Morgan fingerprint density at radius 2 is 1.67 bits per heavy atom. The number of aryl methyl sites for hydroxylation is 2. The molecule has 39 heavy (non-hydrogen) atoms. The largest absolute Gasteiger partial charge is 0.303 e. The second kappa shape index (κ2) is 15.1. The fourth-order valence-electron chi connectivity index (χ4n) is 5.83. The predicted molar refractivity (Wildman–Crippen MR) is 169 cm³/mol. The van der Waals surface area contributed by atoms with E-state index in [-0.39, 0.29) is 0 Å². The summed E-state index contributed by atoms with van der Waals surface area (Å²) >= 11 is 0. The molecular weight excluding hydrogens is 474 g/mol. The second-order valence-corrected chi connectivity index (χ2v) is 11.6. The molecule has 1 aliphatic rings. The monoisotopic (exact) mass is 525 g/mol. The summed E-state index contributed by atoms with van der Waals surface area (Å²) in [7, 11) is 0. The van der Waals surface area contributed by atoms with Gasteiger partial charge >= 0.3 is 0 Å². The van der Waals surface area contributed by atoms with Crippen molar-refractivity contribution >= 4 is 0 Å². The first-order valence-corrected chi connectivity index (χ1v) is 15.2. The Hall–Kier alpha value is -2.78. The van der Waals surface area contributed by atoms with E-state index in [0.29, 0.717) is 11.8 Å². The molecule has 3 heteroatoms. The van der Waals surface area contributed by atoms with E-state index in [1.807, 2.05) is 19.3 Å². The van der Waals surface area contributed by atoms with Crippen LogP contribution in [0, 0.1) is 19.8 Å². The fraction of sp³-hybridized carbons (Fsp3) is 0.500. The Balaban J connectivity index is 0.00000134. The molecule has 2 heterocycles. The van der Waals surface area contributed by atoms with Gasteiger partial charge in [0.2, 0.25) is 0 Å². The first-order valence-electron chi connectivity index (χ1n) is 15.2. The molecule has 1 saturated heterocycles. The molecule has 0 bridgehead atoms. The van der Waals surface area contributed by atoms with Crippen LogP contribution in [0.3, 0.4) is 0 Å². The highest BCUT2D eigenvalue weighted by atomic mass is 15.1. The van der Waals surface area contributed by atoms with Crippen LogP contribution >= 0.6 is 0 Å². The highest BCUT2D eigenvalue weighted by Crippen LogP contribution is 2.37. The van der Waals surface area contributed by atoms with Gasteiger partial charge in [0.05, 0.1) is 0 Å². The van der Waals surface area contributed by atoms with Crippen LogP contribution in [0.5, 0.6) is 0 Å². The number of aromatic nitrogens is 2. The highest BCUT2D eigenvalue weighted by Gasteiger charge is 2.24. The lowest BCUT2D eigenvalue weighted by Gasteiger charge is -2.33. The van der Waals surface area contributed by atoms with Crippen molar-refractivity contribution < 1.29 is 0 Å². The van der Waals surface area contributed by atoms with Crippen molar-refractivity contribution in [1.82, 2.24) is 14.9 Å². The first kappa shape index (κ1) is 30.8. The van der Waals surface area contributed by atoms with E-state index in [9.17, 15) is 0 Å². The maximum absolute atomic E-state index is 4.82. The van der Waals surface area contributed by atoms with Crippen molar-refractivity contribution in [2.75, 3.05) is 19.6 Å². The summed E-state index contributed by atoms with van der Waals surface area (Å²) in [6, 6.07) is 11.4. The van der Waals surface area contributed by atoms with E-state index < -0.39 is 0 Å². The van der Waals surface area contributed by atoms with Gasteiger partial charge in [-0.2, -0.15) is 0 Å². The van der Waals surface area contributed by atoms with Gasteiger partial charge in [-0.1, -0.05) is 70.0 Å². The average Bonchev–Trinajstić information content (AvgIpc) is 2.93. The molecule has 3 aromatic rings. The van der Waals surface area contributed by atoms with Gasteiger partial charge in [0.25, 0.3) is 0 Å². The van der Waals surface area contributed by atoms with E-state index in [1.165, 1.54) is 73.1 Å². The van der Waals surface area contributed by atoms with Crippen LogP contribution in [0.2, 0.25) is 0 Å². The Kier molecular flexibility index (Phi) is 11.9.